The van der Waals surface area contributed by atoms with Gasteiger partial charge in [-0.2, -0.15) is 11.8 Å². The molecule has 8 nitrogen and oxygen atoms in total. The number of halogens is 2. The van der Waals surface area contributed by atoms with Crippen molar-refractivity contribution in [3.8, 4) is 0 Å². The Hall–Kier alpha value is -0.970. The summed E-state index contributed by atoms with van der Waals surface area (Å²) in [4.78, 5) is 34.5. The van der Waals surface area contributed by atoms with Gasteiger partial charge in [0.1, 0.15) is 10.4 Å². The molecule has 0 aromatic heterocycles. The van der Waals surface area contributed by atoms with Gasteiger partial charge in [-0.25, -0.2) is 9.59 Å². The second-order valence-corrected chi connectivity index (χ2v) is 9.97. The maximum absolute atomic E-state index is 12.0. The van der Waals surface area contributed by atoms with Gasteiger partial charge in [0.05, 0.1) is 28.8 Å². The minimum atomic E-state index is -1.81. The number of hydrogen-bond acceptors (Lipinski definition) is 5. The van der Waals surface area contributed by atoms with Gasteiger partial charge < -0.3 is 21.1 Å². The number of fused-ring (bicyclic) bond motifs is 1. The predicted octanol–water partition coefficient (Wildman–Crippen LogP) is 1.31. The van der Waals surface area contributed by atoms with Gasteiger partial charge in [0.15, 0.2) is 0 Å². The van der Waals surface area contributed by atoms with Crippen molar-refractivity contribution in [3.05, 3.63) is 11.1 Å². The highest BCUT2D eigenvalue weighted by molar-refractivity contribution is 8.00. The quantitative estimate of drug-likeness (QED) is 0.169. The monoisotopic (exact) mass is 457 g/mol. The van der Waals surface area contributed by atoms with Crippen LogP contribution in [0.1, 0.15) is 25.7 Å². The van der Waals surface area contributed by atoms with E-state index in [0.29, 0.717) is 11.7 Å². The predicted molar refractivity (Wildman–Crippen MR) is 106 cm³/mol. The number of carbonyl (C=O) groups is 3. The number of hydrogen-bond donors (Lipinski definition) is 4. The number of amides is 3. The average molecular weight is 458 g/mol. The van der Waals surface area contributed by atoms with Crippen LogP contribution in [0, 0.1) is 0 Å². The molecule has 3 amide bonds. The van der Waals surface area contributed by atoms with Crippen molar-refractivity contribution in [2.45, 2.75) is 47.7 Å². The molecule has 0 aromatic rings. The van der Waals surface area contributed by atoms with Crippen molar-refractivity contribution < 1.29 is 23.7 Å². The first-order chi connectivity index (χ1) is 12.8. The second-order valence-electron chi connectivity index (χ2n) is 6.15. The van der Waals surface area contributed by atoms with Crippen molar-refractivity contribution in [1.82, 2.24) is 16.0 Å². The maximum Gasteiger partial charge on any atom is 0.353 e. The molecule has 2 heterocycles. The van der Waals surface area contributed by atoms with Crippen LogP contribution < -0.4 is 16.0 Å². The molecule has 4 N–H and O–H groups in total. The summed E-state index contributed by atoms with van der Waals surface area (Å²) < 4.78 is 10.8. The van der Waals surface area contributed by atoms with Gasteiger partial charge in [0, 0.05) is 22.8 Å². The molecule has 2 aliphatic rings. The zero-order valence-electron chi connectivity index (χ0n) is 14.3. The molecule has 0 radical (unpaired) electrons. The number of thioether (sulfide) groups is 1. The van der Waals surface area contributed by atoms with E-state index in [-0.39, 0.29) is 30.4 Å². The Morgan fingerprint density at radius 3 is 2.81 bits per heavy atom. The third kappa shape index (κ3) is 6.55. The highest BCUT2D eigenvalue weighted by Crippen LogP contribution is 2.33. The number of unbranched alkanes of at least 4 members (excludes halogenated alkanes) is 1. The van der Waals surface area contributed by atoms with E-state index < -0.39 is 33.1 Å². The van der Waals surface area contributed by atoms with Gasteiger partial charge in [0.2, 0.25) is 5.91 Å². The highest BCUT2D eigenvalue weighted by Gasteiger charge is 2.42. The van der Waals surface area contributed by atoms with E-state index in [2.05, 4.69) is 16.0 Å². The number of rotatable bonds is 10. The topological polar surface area (TPSA) is 125 Å². The standard InChI is InChI=1S/C15H21Cl2N3O5S2/c16-5-11(17)27(25)7-9(14(22)23)18-12(21)4-2-1-3-10-13-8(6-26-10)19-15(24)20-13/h7-8,10-11,13H,1-6H2,(H,18,21)(H,22,23)(H2,19,20,24)/t8-,10-,11?,13-,27?/m0/s1. The Bertz CT molecular complexity index is 649. The fourth-order valence-corrected chi connectivity index (χ4v) is 5.61. The fraction of sp³-hybridized carbons (Fsp3) is 0.667. The van der Waals surface area contributed by atoms with E-state index >= 15 is 0 Å². The summed E-state index contributed by atoms with van der Waals surface area (Å²) in [6, 6.07) is 0.158. The maximum atomic E-state index is 12.0. The van der Waals surface area contributed by atoms with E-state index in [1.54, 1.807) is 11.8 Å². The molecule has 5 atom stereocenters. The lowest BCUT2D eigenvalue weighted by molar-refractivity contribution is -0.134. The Labute approximate surface area is 173 Å². The van der Waals surface area contributed by atoms with Crippen LogP contribution in [0.2, 0.25) is 0 Å². The molecule has 0 spiro atoms. The lowest BCUT2D eigenvalue weighted by Crippen LogP contribution is -2.36. The molecule has 2 rings (SSSR count). The largest absolute Gasteiger partial charge is 0.477 e. The SMILES string of the molecule is O=C(CCCC[C@@H]1SC[C@@H]2NC(=O)N[C@@H]21)NC(=CS(=O)C(Cl)CCl)C(=O)O. The van der Waals surface area contributed by atoms with Gasteiger partial charge in [-0.05, 0) is 12.8 Å². The van der Waals surface area contributed by atoms with E-state index in [4.69, 9.17) is 28.3 Å². The van der Waals surface area contributed by atoms with Crippen molar-refractivity contribution in [2.24, 2.45) is 0 Å². The molecular weight excluding hydrogens is 437 g/mol. The minimum Gasteiger partial charge on any atom is -0.477 e. The summed E-state index contributed by atoms with van der Waals surface area (Å²) in [7, 11) is -1.81. The summed E-state index contributed by atoms with van der Waals surface area (Å²) in [6.07, 6.45) is 2.36. The molecule has 0 saturated carbocycles. The van der Waals surface area contributed by atoms with E-state index in [1.807, 2.05) is 0 Å². The van der Waals surface area contributed by atoms with Gasteiger partial charge in [-0.3, -0.25) is 9.00 Å². The number of alkyl halides is 2. The van der Waals surface area contributed by atoms with Gasteiger partial charge in [0.25, 0.3) is 0 Å². The van der Waals surface area contributed by atoms with Crippen molar-refractivity contribution in [3.63, 3.8) is 0 Å². The zero-order valence-corrected chi connectivity index (χ0v) is 17.4. The first kappa shape index (κ1) is 22.3. The minimum absolute atomic E-state index is 0.109. The molecular formula is C15H21Cl2N3O5S2. The summed E-state index contributed by atoms with van der Waals surface area (Å²) in [6.45, 7) is 0. The van der Waals surface area contributed by atoms with Gasteiger partial charge >= 0.3 is 12.0 Å². The Morgan fingerprint density at radius 2 is 2.15 bits per heavy atom. The highest BCUT2D eigenvalue weighted by atomic mass is 35.5. The number of carboxylic acid groups (broad SMARTS) is 1. The molecule has 152 valence electrons. The van der Waals surface area contributed by atoms with Crippen LogP contribution in [0.4, 0.5) is 4.79 Å². The van der Waals surface area contributed by atoms with Crippen molar-refractivity contribution in [2.75, 3.05) is 11.6 Å². The summed E-state index contributed by atoms with van der Waals surface area (Å²) in [5.74, 6) is -1.09. The van der Waals surface area contributed by atoms with Crippen LogP contribution in [0.25, 0.3) is 0 Å². The fourth-order valence-electron chi connectivity index (χ4n) is 2.87. The summed E-state index contributed by atoms with van der Waals surface area (Å²) in [5, 5.41) is 18.4. The number of nitrogens with one attached hydrogen (secondary N) is 3. The van der Waals surface area contributed by atoms with Crippen molar-refractivity contribution >= 4 is 63.7 Å². The zero-order chi connectivity index (χ0) is 20.0. The molecule has 2 fully saturated rings. The number of carbonyl (C=O) groups excluding carboxylic acids is 2. The number of urea groups is 1. The van der Waals surface area contributed by atoms with E-state index in [1.165, 1.54) is 0 Å². The number of carboxylic acids is 1. The summed E-state index contributed by atoms with van der Waals surface area (Å²) in [5.41, 5.74) is -0.469. The first-order valence-electron chi connectivity index (χ1n) is 8.34. The van der Waals surface area contributed by atoms with Crippen LogP contribution in [0.3, 0.4) is 0 Å². The van der Waals surface area contributed by atoms with Crippen molar-refractivity contribution in [1.29, 1.82) is 0 Å². The normalized spacial score (nSPS) is 26.7. The van der Waals surface area contributed by atoms with E-state index in [0.717, 1.165) is 24.0 Å². The third-order valence-corrected chi connectivity index (χ3v) is 8.17. The van der Waals surface area contributed by atoms with Gasteiger partial charge in [-0.15, -0.1) is 23.2 Å². The number of aliphatic carboxylic acids is 1. The molecule has 0 aliphatic carbocycles. The van der Waals surface area contributed by atoms with Crippen LogP contribution in [0.5, 0.6) is 0 Å². The first-order valence-corrected chi connectivity index (χ1v) is 11.6. The van der Waals surface area contributed by atoms with Gasteiger partial charge in [-0.1, -0.05) is 6.42 Å². The Balaban J connectivity index is 1.73. The Morgan fingerprint density at radius 1 is 1.41 bits per heavy atom. The smallest absolute Gasteiger partial charge is 0.353 e. The van der Waals surface area contributed by atoms with E-state index in [9.17, 15) is 18.6 Å². The molecule has 0 aromatic carbocycles. The molecule has 2 unspecified atom stereocenters. The molecule has 2 saturated heterocycles. The Kier molecular flexibility index (Phi) is 8.71. The van der Waals surface area contributed by atoms with Crippen LogP contribution in [-0.4, -0.2) is 60.9 Å². The lowest BCUT2D eigenvalue weighted by Gasteiger charge is -2.16. The summed E-state index contributed by atoms with van der Waals surface area (Å²) >= 11 is 13.0. The molecule has 0 bridgehead atoms. The average Bonchev–Trinajstić information content (AvgIpc) is 3.16. The third-order valence-electron chi connectivity index (χ3n) is 4.19. The second kappa shape index (κ2) is 10.5. The van der Waals surface area contributed by atoms with Crippen LogP contribution >= 0.6 is 35.0 Å². The molecule has 12 heteroatoms. The van der Waals surface area contributed by atoms with Crippen LogP contribution in [-0.2, 0) is 20.4 Å². The molecule has 2 aliphatic heterocycles. The van der Waals surface area contributed by atoms with Crippen LogP contribution in [0.15, 0.2) is 11.1 Å². The molecule has 27 heavy (non-hydrogen) atoms. The lowest BCUT2D eigenvalue weighted by atomic mass is 10.0.